The van der Waals surface area contributed by atoms with Gasteiger partial charge in [0.05, 0.1) is 0 Å². The number of benzene rings is 1. The van der Waals surface area contributed by atoms with E-state index in [1.54, 1.807) is 24.3 Å². The molecule has 0 aliphatic carbocycles. The largest absolute Gasteiger partial charge is 0.480 e. The molecule has 0 saturated carbocycles. The van der Waals surface area contributed by atoms with Crippen LogP contribution >= 0.6 is 15.9 Å². The Bertz CT molecular complexity index is 473. The maximum Gasteiger partial charge on any atom is 0.471 e. The number of carboxylic acids is 1. The maximum atomic E-state index is 12.1. The van der Waals surface area contributed by atoms with Gasteiger partial charge in [-0.3, -0.25) is 4.79 Å². The average Bonchev–Trinajstić information content (AvgIpc) is 2.29. The Morgan fingerprint density at radius 2 is 1.79 bits per heavy atom. The molecule has 0 saturated heterocycles. The molecule has 0 unspecified atom stereocenters. The highest BCUT2D eigenvalue weighted by molar-refractivity contribution is 9.10. The SMILES string of the molecule is O=C(O)[C@@H](Cc1ccc(Br)cc1)NC(=O)C(F)(F)F. The van der Waals surface area contributed by atoms with Crippen LogP contribution in [0.15, 0.2) is 28.7 Å². The molecule has 1 aromatic rings. The van der Waals surface area contributed by atoms with Crippen molar-refractivity contribution in [3.63, 3.8) is 0 Å². The standard InChI is InChI=1S/C11H9BrF3NO3/c12-7-3-1-6(2-4-7)5-8(9(17)18)16-10(19)11(13,14)15/h1-4,8H,5H2,(H,16,19)(H,17,18)/t8-/m1/s1. The van der Waals surface area contributed by atoms with E-state index in [2.05, 4.69) is 15.9 Å². The summed E-state index contributed by atoms with van der Waals surface area (Å²) in [5, 5.41) is 10.3. The Balaban J connectivity index is 2.77. The third-order valence-corrected chi connectivity index (χ3v) is 2.74. The molecule has 0 bridgehead atoms. The number of hydrogen-bond donors (Lipinski definition) is 2. The summed E-state index contributed by atoms with van der Waals surface area (Å²) in [5.41, 5.74) is 0.498. The van der Waals surface area contributed by atoms with Gasteiger partial charge < -0.3 is 10.4 Å². The van der Waals surface area contributed by atoms with Crippen molar-refractivity contribution in [2.45, 2.75) is 18.6 Å². The van der Waals surface area contributed by atoms with Gasteiger partial charge in [-0.2, -0.15) is 13.2 Å². The molecule has 1 aromatic carbocycles. The lowest BCUT2D eigenvalue weighted by Gasteiger charge is -2.15. The zero-order valence-corrected chi connectivity index (χ0v) is 11.0. The number of amides is 1. The minimum absolute atomic E-state index is 0.232. The number of rotatable bonds is 4. The summed E-state index contributed by atoms with van der Waals surface area (Å²) in [6, 6.07) is 4.73. The van der Waals surface area contributed by atoms with Gasteiger partial charge in [0.25, 0.3) is 0 Å². The Labute approximate surface area is 114 Å². The van der Waals surface area contributed by atoms with Crippen LogP contribution in [0, 0.1) is 0 Å². The van der Waals surface area contributed by atoms with Gasteiger partial charge in [-0.25, -0.2) is 4.79 Å². The van der Waals surface area contributed by atoms with Gasteiger partial charge in [0.2, 0.25) is 0 Å². The van der Waals surface area contributed by atoms with E-state index in [0.29, 0.717) is 5.56 Å². The van der Waals surface area contributed by atoms with E-state index in [9.17, 15) is 22.8 Å². The number of alkyl halides is 3. The van der Waals surface area contributed by atoms with Crippen LogP contribution in [0.4, 0.5) is 13.2 Å². The van der Waals surface area contributed by atoms with Crippen LogP contribution in [-0.2, 0) is 16.0 Å². The molecular weight excluding hydrogens is 331 g/mol. The van der Waals surface area contributed by atoms with Crippen LogP contribution in [0.1, 0.15) is 5.56 Å². The van der Waals surface area contributed by atoms with Crippen molar-refractivity contribution in [1.29, 1.82) is 0 Å². The summed E-state index contributed by atoms with van der Waals surface area (Å²) >= 11 is 3.17. The van der Waals surface area contributed by atoms with Crippen molar-refractivity contribution in [3.05, 3.63) is 34.3 Å². The lowest BCUT2D eigenvalue weighted by Crippen LogP contribution is -2.47. The molecule has 104 valence electrons. The molecule has 0 fully saturated rings. The third-order valence-electron chi connectivity index (χ3n) is 2.21. The van der Waals surface area contributed by atoms with Gasteiger partial charge in [0, 0.05) is 10.9 Å². The molecular formula is C11H9BrF3NO3. The van der Waals surface area contributed by atoms with Crippen molar-refractivity contribution < 1.29 is 27.9 Å². The maximum absolute atomic E-state index is 12.1. The van der Waals surface area contributed by atoms with E-state index in [-0.39, 0.29) is 6.42 Å². The van der Waals surface area contributed by atoms with Gasteiger partial charge in [-0.15, -0.1) is 0 Å². The van der Waals surface area contributed by atoms with Crippen LogP contribution in [0.25, 0.3) is 0 Å². The summed E-state index contributed by atoms with van der Waals surface area (Å²) in [7, 11) is 0. The molecule has 0 heterocycles. The van der Waals surface area contributed by atoms with Crippen molar-refractivity contribution in [3.8, 4) is 0 Å². The van der Waals surface area contributed by atoms with E-state index in [4.69, 9.17) is 5.11 Å². The Morgan fingerprint density at radius 3 is 2.21 bits per heavy atom. The van der Waals surface area contributed by atoms with E-state index in [0.717, 1.165) is 4.47 Å². The topological polar surface area (TPSA) is 66.4 Å². The number of aliphatic carboxylic acids is 1. The number of hydrogen-bond acceptors (Lipinski definition) is 2. The summed E-state index contributed by atoms with van der Waals surface area (Å²) in [6.07, 6.45) is -5.34. The molecule has 1 amide bonds. The predicted octanol–water partition coefficient (Wildman–Crippen LogP) is 2.12. The highest BCUT2D eigenvalue weighted by Crippen LogP contribution is 2.16. The molecule has 1 rings (SSSR count). The van der Waals surface area contributed by atoms with E-state index < -0.39 is 24.1 Å². The number of carbonyl (C=O) groups excluding carboxylic acids is 1. The number of nitrogens with one attached hydrogen (secondary N) is 1. The van der Waals surface area contributed by atoms with E-state index >= 15 is 0 Å². The molecule has 2 N–H and O–H groups in total. The second-order valence-corrected chi connectivity index (χ2v) is 4.61. The first kappa shape index (κ1) is 15.5. The zero-order chi connectivity index (χ0) is 14.6. The van der Waals surface area contributed by atoms with E-state index in [1.165, 1.54) is 5.32 Å². The minimum atomic E-state index is -5.10. The first-order valence-corrected chi connectivity index (χ1v) is 5.84. The zero-order valence-electron chi connectivity index (χ0n) is 9.37. The highest BCUT2D eigenvalue weighted by atomic mass is 79.9. The summed E-state index contributed by atoms with van der Waals surface area (Å²) < 4.78 is 36.9. The molecule has 0 aliphatic heterocycles. The van der Waals surface area contributed by atoms with Crippen molar-refractivity contribution in [2.24, 2.45) is 0 Å². The van der Waals surface area contributed by atoms with Gasteiger partial charge in [-0.05, 0) is 17.7 Å². The van der Waals surface area contributed by atoms with Crippen molar-refractivity contribution in [1.82, 2.24) is 5.32 Å². The molecule has 8 heteroatoms. The van der Waals surface area contributed by atoms with Gasteiger partial charge in [-0.1, -0.05) is 28.1 Å². The van der Waals surface area contributed by atoms with Gasteiger partial charge in [0.1, 0.15) is 6.04 Å². The third kappa shape index (κ3) is 4.90. The first-order valence-electron chi connectivity index (χ1n) is 5.05. The monoisotopic (exact) mass is 339 g/mol. The van der Waals surface area contributed by atoms with Crippen LogP contribution in [0.5, 0.6) is 0 Å². The lowest BCUT2D eigenvalue weighted by molar-refractivity contribution is -0.175. The van der Waals surface area contributed by atoms with E-state index in [1.807, 2.05) is 0 Å². The summed E-state index contributed by atoms with van der Waals surface area (Å²) in [4.78, 5) is 21.6. The Hall–Kier alpha value is -1.57. The Kier molecular flexibility index (Phi) is 4.93. The fraction of sp³-hybridized carbons (Fsp3) is 0.273. The first-order chi connectivity index (χ1) is 8.70. The smallest absolute Gasteiger partial charge is 0.471 e. The molecule has 0 spiro atoms. The number of carbonyl (C=O) groups is 2. The highest BCUT2D eigenvalue weighted by Gasteiger charge is 2.40. The second kappa shape index (κ2) is 6.05. The normalized spacial score (nSPS) is 12.8. The molecule has 1 atom stereocenters. The second-order valence-electron chi connectivity index (χ2n) is 3.69. The fourth-order valence-corrected chi connectivity index (χ4v) is 1.56. The lowest BCUT2D eigenvalue weighted by atomic mass is 10.1. The summed E-state index contributed by atoms with van der Waals surface area (Å²) in [6.45, 7) is 0. The predicted molar refractivity (Wildman–Crippen MR) is 63.5 cm³/mol. The number of carboxylic acid groups (broad SMARTS) is 1. The van der Waals surface area contributed by atoms with Crippen LogP contribution in [-0.4, -0.2) is 29.2 Å². The van der Waals surface area contributed by atoms with Crippen molar-refractivity contribution in [2.75, 3.05) is 0 Å². The molecule has 0 aromatic heterocycles. The average molecular weight is 340 g/mol. The minimum Gasteiger partial charge on any atom is -0.480 e. The summed E-state index contributed by atoms with van der Waals surface area (Å²) in [5.74, 6) is -3.79. The molecule has 4 nitrogen and oxygen atoms in total. The van der Waals surface area contributed by atoms with Crippen LogP contribution in [0.3, 0.4) is 0 Å². The molecule has 0 aliphatic rings. The number of halogens is 4. The van der Waals surface area contributed by atoms with Crippen LogP contribution in [0.2, 0.25) is 0 Å². The van der Waals surface area contributed by atoms with Gasteiger partial charge >= 0.3 is 18.1 Å². The molecule has 19 heavy (non-hydrogen) atoms. The Morgan fingerprint density at radius 1 is 1.26 bits per heavy atom. The fourth-order valence-electron chi connectivity index (χ4n) is 1.30. The van der Waals surface area contributed by atoms with Crippen LogP contribution < -0.4 is 5.32 Å². The molecule has 0 radical (unpaired) electrons. The quantitative estimate of drug-likeness (QED) is 0.883. The van der Waals surface area contributed by atoms with Crippen molar-refractivity contribution >= 4 is 27.8 Å². The van der Waals surface area contributed by atoms with Gasteiger partial charge in [0.15, 0.2) is 0 Å².